The van der Waals surface area contributed by atoms with E-state index in [9.17, 15) is 9.59 Å². The summed E-state index contributed by atoms with van der Waals surface area (Å²) in [6.07, 6.45) is 0. The molecule has 0 heterocycles. The molecule has 4 nitrogen and oxygen atoms in total. The van der Waals surface area contributed by atoms with E-state index in [1.54, 1.807) is 48.5 Å². The molecule has 0 saturated heterocycles. The monoisotopic (exact) mass is 548 g/mol. The van der Waals surface area contributed by atoms with Crippen LogP contribution in [-0.4, -0.2) is 41.3 Å². The summed E-state index contributed by atoms with van der Waals surface area (Å²) in [4.78, 5) is 23.0. The molecule has 2 rings (SSSR count). The summed E-state index contributed by atoms with van der Waals surface area (Å²) in [7, 11) is -2.22. The van der Waals surface area contributed by atoms with Gasteiger partial charge in [0.15, 0.2) is 0 Å². The quantitative estimate of drug-likeness (QED) is 0.232. The first-order valence-electron chi connectivity index (χ1n) is 10.2. The third-order valence-corrected chi connectivity index (χ3v) is 7.49. The van der Waals surface area contributed by atoms with Crippen molar-refractivity contribution in [2.24, 2.45) is 0 Å². The molecule has 0 radical (unpaired) electrons. The zero-order valence-electron chi connectivity index (χ0n) is 19.4. The number of hydrogen-bond acceptors (Lipinski definition) is 4. The van der Waals surface area contributed by atoms with Crippen LogP contribution in [0.5, 0.6) is 0 Å². The van der Waals surface area contributed by atoms with Gasteiger partial charge < -0.3 is 9.47 Å². The van der Waals surface area contributed by atoms with Gasteiger partial charge in [-0.1, -0.05) is 39.3 Å². The fourth-order valence-corrected chi connectivity index (χ4v) is 3.54. The zero-order valence-corrected chi connectivity index (χ0v) is 23.0. The molecule has 172 valence electrons. The van der Waals surface area contributed by atoms with Gasteiger partial charge in [-0.05, 0) is 23.2 Å². The summed E-state index contributed by atoms with van der Waals surface area (Å²) < 4.78 is 10.4. The van der Waals surface area contributed by atoms with Crippen LogP contribution < -0.4 is 0 Å². The van der Waals surface area contributed by atoms with Crippen LogP contribution in [0.1, 0.15) is 20.7 Å². The van der Waals surface area contributed by atoms with Crippen LogP contribution in [0.2, 0.25) is 51.4 Å². The zero-order chi connectivity index (χ0) is 22.6. The van der Waals surface area contributed by atoms with Gasteiger partial charge in [0, 0.05) is 16.1 Å². The fraction of sp³-hybridized carbons (Fsp3) is 0.417. The molecule has 0 N–H and O–H groups in total. The second-order valence-corrected chi connectivity index (χ2v) is 20.7. The minimum absolute atomic E-state index is 0. The van der Waals surface area contributed by atoms with Gasteiger partial charge in [0.2, 0.25) is 0 Å². The van der Waals surface area contributed by atoms with Crippen LogP contribution in [0.4, 0.5) is 0 Å². The molecule has 0 aromatic heterocycles. The second kappa shape index (κ2) is 14.5. The normalized spacial score (nSPS) is 10.8. The van der Waals surface area contributed by atoms with Crippen molar-refractivity contribution in [3.63, 3.8) is 0 Å². The second-order valence-electron chi connectivity index (χ2n) is 9.47. The third-order valence-electron chi connectivity index (χ3n) is 4.08. The van der Waals surface area contributed by atoms with E-state index in [4.69, 9.17) is 9.47 Å². The maximum atomic E-state index is 11.5. The molecule has 0 spiro atoms. The van der Waals surface area contributed by atoms with Crippen molar-refractivity contribution in [2.45, 2.75) is 51.4 Å². The maximum absolute atomic E-state index is 11.5. The summed E-state index contributed by atoms with van der Waals surface area (Å²) in [5.41, 5.74) is 1.20. The molecule has 0 unspecified atom stereocenters. The SMILES string of the molecule is C[Si](C)(C)CCOC(=O)c1cc[c-]cc1.C[Si](C)(C)CCOC(=O)c1cc[c-]cc1.[Pd+2]. The maximum Gasteiger partial charge on any atom is 2.00 e. The average molecular weight is 549 g/mol. The summed E-state index contributed by atoms with van der Waals surface area (Å²) in [6.45, 7) is 14.6. The molecule has 0 aliphatic heterocycles. The molecule has 0 aliphatic carbocycles. The fourth-order valence-electron chi connectivity index (χ4n) is 2.11. The minimum Gasteiger partial charge on any atom is -0.464 e. The molecule has 7 heteroatoms. The van der Waals surface area contributed by atoms with Crippen LogP contribution in [0.15, 0.2) is 48.5 Å². The number of esters is 2. The number of benzene rings is 2. The van der Waals surface area contributed by atoms with Crippen LogP contribution in [-0.2, 0) is 29.9 Å². The van der Waals surface area contributed by atoms with E-state index in [1.165, 1.54) is 0 Å². The van der Waals surface area contributed by atoms with Gasteiger partial charge in [0.25, 0.3) is 0 Å². The number of carbonyl (C=O) groups excluding carboxylic acids is 2. The first-order valence-corrected chi connectivity index (χ1v) is 17.7. The van der Waals surface area contributed by atoms with E-state index in [2.05, 4.69) is 51.4 Å². The first-order chi connectivity index (χ1) is 14.0. The van der Waals surface area contributed by atoms with E-state index in [0.29, 0.717) is 24.3 Å². The molecule has 0 fully saturated rings. The summed E-state index contributed by atoms with van der Waals surface area (Å²) >= 11 is 0. The van der Waals surface area contributed by atoms with E-state index >= 15 is 0 Å². The van der Waals surface area contributed by atoms with E-state index in [-0.39, 0.29) is 32.4 Å². The van der Waals surface area contributed by atoms with Gasteiger partial charge in [-0.15, -0.1) is 0 Å². The summed E-state index contributed by atoms with van der Waals surface area (Å²) in [5, 5.41) is 0. The van der Waals surface area contributed by atoms with Gasteiger partial charge in [-0.25, -0.2) is 9.59 Å². The Bertz CT molecular complexity index is 702. The van der Waals surface area contributed by atoms with Crippen molar-refractivity contribution in [3.05, 3.63) is 71.8 Å². The van der Waals surface area contributed by atoms with E-state index < -0.39 is 16.1 Å². The van der Waals surface area contributed by atoms with Crippen LogP contribution in [0, 0.1) is 12.1 Å². The number of carbonyl (C=O) groups is 2. The van der Waals surface area contributed by atoms with Crippen molar-refractivity contribution >= 4 is 28.1 Å². The predicted octanol–water partition coefficient (Wildman–Crippen LogP) is 5.96. The molecular formula is C24H34O4PdSi2. The first kappa shape index (κ1) is 29.5. The summed E-state index contributed by atoms with van der Waals surface area (Å²) in [6, 6.07) is 21.5. The molecule has 31 heavy (non-hydrogen) atoms. The molecular weight excluding hydrogens is 515 g/mol. The van der Waals surface area contributed by atoms with Crippen LogP contribution in [0.25, 0.3) is 0 Å². The Balaban J connectivity index is 0.000000562. The molecule has 0 atom stereocenters. The Morgan fingerprint density at radius 2 is 0.968 bits per heavy atom. The number of rotatable bonds is 8. The molecule has 2 aromatic carbocycles. The van der Waals surface area contributed by atoms with E-state index in [1.807, 2.05) is 0 Å². The molecule has 0 saturated carbocycles. The van der Waals surface area contributed by atoms with Crippen molar-refractivity contribution in [1.29, 1.82) is 0 Å². The minimum atomic E-state index is -1.11. The van der Waals surface area contributed by atoms with Crippen LogP contribution in [0.3, 0.4) is 0 Å². The summed E-state index contributed by atoms with van der Waals surface area (Å²) in [5.74, 6) is -0.468. The van der Waals surface area contributed by atoms with Crippen molar-refractivity contribution in [3.8, 4) is 0 Å². The Kier molecular flexibility index (Phi) is 13.8. The Morgan fingerprint density at radius 1 is 0.677 bits per heavy atom. The average Bonchev–Trinajstić information content (AvgIpc) is 2.68. The predicted molar refractivity (Wildman–Crippen MR) is 127 cm³/mol. The molecule has 2 aromatic rings. The Hall–Kier alpha value is -1.52. The van der Waals surface area contributed by atoms with Gasteiger partial charge in [-0.2, -0.15) is 60.7 Å². The topological polar surface area (TPSA) is 52.6 Å². The Labute approximate surface area is 203 Å². The van der Waals surface area contributed by atoms with Gasteiger partial charge in [0.05, 0.1) is 13.2 Å². The van der Waals surface area contributed by atoms with Crippen LogP contribution >= 0.6 is 0 Å². The third kappa shape index (κ3) is 15.0. The Morgan fingerprint density at radius 3 is 1.23 bits per heavy atom. The smallest absolute Gasteiger partial charge is 0.464 e. The molecule has 0 bridgehead atoms. The van der Waals surface area contributed by atoms with Gasteiger partial charge in [0.1, 0.15) is 0 Å². The molecule has 0 aliphatic rings. The van der Waals surface area contributed by atoms with Gasteiger partial charge >= 0.3 is 32.4 Å². The number of hydrogen-bond donors (Lipinski definition) is 0. The van der Waals surface area contributed by atoms with Gasteiger partial charge in [-0.3, -0.25) is 0 Å². The van der Waals surface area contributed by atoms with Crippen molar-refractivity contribution in [2.75, 3.05) is 13.2 Å². The standard InChI is InChI=1S/2C12H17O2Si.Pd/c2*1-15(2,3)10-9-14-12(13)11-7-5-4-6-8-11;/h2*5-8H,9-10H2,1-3H3;/q2*-1;+2. The molecule has 0 amide bonds. The van der Waals surface area contributed by atoms with Crippen molar-refractivity contribution < 1.29 is 39.5 Å². The number of ether oxygens (including phenoxy) is 2. The largest absolute Gasteiger partial charge is 2.00 e. The van der Waals surface area contributed by atoms with Crippen molar-refractivity contribution in [1.82, 2.24) is 0 Å². The van der Waals surface area contributed by atoms with E-state index in [0.717, 1.165) is 12.1 Å².